The van der Waals surface area contributed by atoms with E-state index in [1.165, 1.54) is 12.0 Å². The summed E-state index contributed by atoms with van der Waals surface area (Å²) < 4.78 is 27.7. The summed E-state index contributed by atoms with van der Waals surface area (Å²) >= 11 is 0. The van der Waals surface area contributed by atoms with Crippen LogP contribution in [0.5, 0.6) is 0 Å². The van der Waals surface area contributed by atoms with E-state index < -0.39 is 25.8 Å². The minimum absolute atomic E-state index is 0.00726. The third-order valence-corrected chi connectivity index (χ3v) is 7.12. The van der Waals surface area contributed by atoms with E-state index in [9.17, 15) is 23.8 Å². The quantitative estimate of drug-likeness (QED) is 0.195. The number of nitrogens with zero attached hydrogens (tertiary/aromatic N) is 4. The van der Waals surface area contributed by atoms with Gasteiger partial charge in [-0.3, -0.25) is 23.4 Å². The summed E-state index contributed by atoms with van der Waals surface area (Å²) in [6.45, 7) is 2.01. The highest BCUT2D eigenvalue weighted by atomic mass is 31.2. The zero-order valence-corrected chi connectivity index (χ0v) is 25.4. The van der Waals surface area contributed by atoms with Crippen molar-refractivity contribution >= 4 is 25.5 Å². The zero-order valence-electron chi connectivity index (χ0n) is 24.5. The molecule has 0 aromatic carbocycles. The Labute approximate surface area is 227 Å². The van der Waals surface area contributed by atoms with Crippen LogP contribution >= 0.6 is 7.82 Å². The first-order valence-corrected chi connectivity index (χ1v) is 14.5. The van der Waals surface area contributed by atoms with Gasteiger partial charge in [0.25, 0.3) is 0 Å². The second kappa shape index (κ2) is 15.3. The molecule has 1 saturated heterocycles. The minimum atomic E-state index is -4.25. The maximum Gasteiger partial charge on any atom is 0.471 e. The van der Waals surface area contributed by atoms with Crippen LogP contribution in [0.2, 0.25) is 0 Å². The molecule has 13 nitrogen and oxygen atoms in total. The molecular weight excluding hydrogens is 517 g/mol. The molecule has 1 fully saturated rings. The number of rotatable bonds is 16. The number of amides is 3. The van der Waals surface area contributed by atoms with Gasteiger partial charge in [-0.15, -0.1) is 0 Å². The van der Waals surface area contributed by atoms with Crippen molar-refractivity contribution in [3.8, 4) is 0 Å². The van der Waals surface area contributed by atoms with E-state index >= 15 is 0 Å². The normalized spacial score (nSPS) is 19.1. The first-order valence-electron chi connectivity index (χ1n) is 13.0. The lowest BCUT2D eigenvalue weighted by Gasteiger charge is -2.41. The number of piperazine rings is 1. The number of methoxy groups -OCH3 is 1. The molecule has 0 aromatic rings. The molecule has 0 saturated carbocycles. The number of carbonyl (C=O) groups excluding carboxylic acids is 3. The lowest BCUT2D eigenvalue weighted by molar-refractivity contribution is -0.870. The lowest BCUT2D eigenvalue weighted by Crippen LogP contribution is -2.63. The Bertz CT molecular complexity index is 830. The van der Waals surface area contributed by atoms with E-state index in [-0.39, 0.29) is 38.1 Å². The van der Waals surface area contributed by atoms with Crippen molar-refractivity contribution in [3.05, 3.63) is 0 Å². The third kappa shape index (κ3) is 13.5. The smallest absolute Gasteiger partial charge is 0.382 e. The Morgan fingerprint density at radius 1 is 0.947 bits per heavy atom. The number of phosphoric ester groups is 1. The largest absolute Gasteiger partial charge is 0.471 e. The summed E-state index contributed by atoms with van der Waals surface area (Å²) in [5.41, 5.74) is 0. The van der Waals surface area contributed by atoms with Gasteiger partial charge in [0.05, 0.1) is 81.2 Å². The molecule has 3 atom stereocenters. The molecule has 2 N–H and O–H groups in total. The van der Waals surface area contributed by atoms with E-state index in [1.807, 2.05) is 0 Å². The molecule has 0 radical (unpaired) electrons. The number of quaternary nitrogens is 2. The highest BCUT2D eigenvalue weighted by molar-refractivity contribution is 7.47. The topological polar surface area (TPSA) is 135 Å². The predicted molar refractivity (Wildman–Crippen MR) is 143 cm³/mol. The number of hydrogen-bond donors (Lipinski definition) is 2. The highest BCUT2D eigenvalue weighted by Gasteiger charge is 2.37. The summed E-state index contributed by atoms with van der Waals surface area (Å²) in [6.07, 6.45) is 2.05. The second-order valence-electron chi connectivity index (χ2n) is 11.8. The fourth-order valence-corrected chi connectivity index (χ4v) is 4.58. The van der Waals surface area contributed by atoms with Crippen LogP contribution in [0, 0.1) is 0 Å². The summed E-state index contributed by atoms with van der Waals surface area (Å²) in [4.78, 5) is 52.3. The molecular formula is C24H50N5O8P+2. The van der Waals surface area contributed by atoms with Crippen molar-refractivity contribution in [2.75, 3.05) is 102 Å². The van der Waals surface area contributed by atoms with Gasteiger partial charge in [0, 0.05) is 53.0 Å². The van der Waals surface area contributed by atoms with Crippen LogP contribution in [-0.2, 0) is 32.7 Å². The van der Waals surface area contributed by atoms with Gasteiger partial charge in [-0.1, -0.05) is 0 Å². The van der Waals surface area contributed by atoms with Crippen LogP contribution in [0.4, 0.5) is 0 Å². The molecule has 0 spiro atoms. The first kappa shape index (κ1) is 34.4. The van der Waals surface area contributed by atoms with Crippen LogP contribution in [0.1, 0.15) is 25.7 Å². The number of carbonyl (C=O) groups is 3. The van der Waals surface area contributed by atoms with Gasteiger partial charge in [0.15, 0.2) is 0 Å². The first-order chi connectivity index (χ1) is 17.5. The summed E-state index contributed by atoms with van der Waals surface area (Å²) in [7, 11) is 10.6. The number of phosphoric acid groups is 1. The average Bonchev–Trinajstić information content (AvgIpc) is 2.80. The van der Waals surface area contributed by atoms with Crippen molar-refractivity contribution in [3.63, 3.8) is 0 Å². The van der Waals surface area contributed by atoms with Gasteiger partial charge >= 0.3 is 7.82 Å². The zero-order chi connectivity index (χ0) is 29.1. The van der Waals surface area contributed by atoms with Gasteiger partial charge in [0.1, 0.15) is 6.04 Å². The molecule has 1 aliphatic rings. The number of hydrogen-bond acceptors (Lipinski definition) is 7. The molecule has 3 unspecified atom stereocenters. The highest BCUT2D eigenvalue weighted by Crippen LogP contribution is 2.41. The van der Waals surface area contributed by atoms with Gasteiger partial charge in [-0.05, 0) is 0 Å². The van der Waals surface area contributed by atoms with Crippen molar-refractivity contribution in [1.29, 1.82) is 0 Å². The molecule has 1 rings (SSSR count). The fourth-order valence-electron chi connectivity index (χ4n) is 4.11. The van der Waals surface area contributed by atoms with Crippen LogP contribution in [0.15, 0.2) is 0 Å². The van der Waals surface area contributed by atoms with Crippen LogP contribution in [0.25, 0.3) is 0 Å². The number of ether oxygens (including phenoxy) is 1. The molecule has 0 aromatic heterocycles. The maximum absolute atomic E-state index is 13.4. The standard InChI is InChI=1S/C24H48N5O8P/c1-28(2,3)15-9-11-22(30)26-13-14-27(23(31)12-10-16-29(4,5)6)21(17-26)24(32)25-20(18-35-7)19-37-38(33,34)36-8/h20-21H,9-19H2,1-8H3/p+2. The molecule has 14 heteroatoms. The molecule has 3 amide bonds. The summed E-state index contributed by atoms with van der Waals surface area (Å²) in [6, 6.07) is -1.67. The van der Waals surface area contributed by atoms with Gasteiger partial charge in [0.2, 0.25) is 17.7 Å². The summed E-state index contributed by atoms with van der Waals surface area (Å²) in [5.74, 6) is -0.675. The second-order valence-corrected chi connectivity index (χ2v) is 13.3. The van der Waals surface area contributed by atoms with E-state index in [0.717, 1.165) is 35.6 Å². The van der Waals surface area contributed by atoms with E-state index in [0.29, 0.717) is 25.8 Å². The molecule has 38 heavy (non-hydrogen) atoms. The minimum Gasteiger partial charge on any atom is -0.382 e. The molecule has 0 aliphatic carbocycles. The Hall–Kier alpha value is -1.60. The number of nitrogens with one attached hydrogen (secondary N) is 1. The Kier molecular flexibility index (Phi) is 13.8. The van der Waals surface area contributed by atoms with Gasteiger partial charge < -0.3 is 33.7 Å². The Morgan fingerprint density at radius 3 is 2.00 bits per heavy atom. The maximum atomic E-state index is 13.4. The van der Waals surface area contributed by atoms with Gasteiger partial charge in [-0.2, -0.15) is 0 Å². The predicted octanol–water partition coefficient (Wildman–Crippen LogP) is -0.107. The Balaban J connectivity index is 2.98. The fraction of sp³-hybridized carbons (Fsp3) is 0.875. The Morgan fingerprint density at radius 2 is 1.50 bits per heavy atom. The van der Waals surface area contributed by atoms with Crippen LogP contribution in [-0.4, -0.2) is 156 Å². The van der Waals surface area contributed by atoms with E-state index in [2.05, 4.69) is 52.1 Å². The molecule has 1 aliphatic heterocycles. The molecule has 0 bridgehead atoms. The SMILES string of the molecule is COCC(COP(=O)(O)OC)NC(=O)C1CN(C(=O)CCC[N+](C)(C)C)CCN1C(=O)CCC[N+](C)(C)C. The third-order valence-electron chi connectivity index (χ3n) is 6.18. The van der Waals surface area contributed by atoms with Gasteiger partial charge in [-0.25, -0.2) is 4.57 Å². The van der Waals surface area contributed by atoms with Crippen LogP contribution < -0.4 is 5.32 Å². The summed E-state index contributed by atoms with van der Waals surface area (Å²) in [5, 5.41) is 2.76. The van der Waals surface area contributed by atoms with E-state index in [1.54, 1.807) is 4.90 Å². The van der Waals surface area contributed by atoms with Crippen molar-refractivity contribution in [1.82, 2.24) is 15.1 Å². The molecule has 222 valence electrons. The van der Waals surface area contributed by atoms with Crippen molar-refractivity contribution in [2.24, 2.45) is 0 Å². The van der Waals surface area contributed by atoms with Crippen molar-refractivity contribution < 1.29 is 46.6 Å². The lowest BCUT2D eigenvalue weighted by atomic mass is 10.1. The van der Waals surface area contributed by atoms with Crippen molar-refractivity contribution in [2.45, 2.75) is 37.8 Å². The van der Waals surface area contributed by atoms with Crippen LogP contribution in [0.3, 0.4) is 0 Å². The average molecular weight is 568 g/mol. The molecule has 1 heterocycles. The monoisotopic (exact) mass is 567 g/mol. The van der Waals surface area contributed by atoms with E-state index in [4.69, 9.17) is 9.26 Å².